The van der Waals surface area contributed by atoms with Crippen LogP contribution in [-0.2, 0) is 4.79 Å². The molecule has 3 N–H and O–H groups in total. The molecule has 2 aromatic rings. The number of hydrogen-bond donors (Lipinski definition) is 3. The summed E-state index contributed by atoms with van der Waals surface area (Å²) in [5.74, 6) is -1.83. The van der Waals surface area contributed by atoms with Gasteiger partial charge in [0.15, 0.2) is 5.78 Å². The summed E-state index contributed by atoms with van der Waals surface area (Å²) in [6, 6.07) is 16.8. The maximum Gasteiger partial charge on any atom is 0.352 e. The van der Waals surface area contributed by atoms with E-state index in [1.54, 1.807) is 60.7 Å². The van der Waals surface area contributed by atoms with Crippen molar-refractivity contribution in [2.24, 2.45) is 0 Å². The Bertz CT molecular complexity index is 693. The third kappa shape index (κ3) is 3.59. The van der Waals surface area contributed by atoms with Crippen LogP contribution >= 0.6 is 0 Å². The van der Waals surface area contributed by atoms with Crippen LogP contribution in [-0.4, -0.2) is 28.6 Å². The molecule has 0 amide bonds. The molecule has 0 bridgehead atoms. The van der Waals surface area contributed by atoms with Crippen molar-refractivity contribution in [1.29, 1.82) is 0 Å². The highest BCUT2D eigenvalue weighted by atomic mass is 16.4. The molecular weight excluding hydrogens is 282 g/mol. The van der Waals surface area contributed by atoms with Crippen LogP contribution in [0.1, 0.15) is 10.4 Å². The Kier molecular flexibility index (Phi) is 5.06. The molecule has 0 saturated carbocycles. The first-order chi connectivity index (χ1) is 10.6. The van der Waals surface area contributed by atoms with Gasteiger partial charge in [0.05, 0.1) is 12.2 Å². The molecule has 0 saturated heterocycles. The van der Waals surface area contributed by atoms with E-state index >= 15 is 0 Å². The fraction of sp³-hybridized carbons (Fsp3) is 0.0588. The number of nitrogens with one attached hydrogen (secondary N) is 1. The quantitative estimate of drug-likeness (QED) is 0.562. The van der Waals surface area contributed by atoms with Gasteiger partial charge in [-0.15, -0.1) is 0 Å². The third-order valence-corrected chi connectivity index (χ3v) is 3.03. The minimum absolute atomic E-state index is 0.192. The van der Waals surface area contributed by atoms with Crippen LogP contribution in [0.3, 0.4) is 0 Å². The number of aliphatic carboxylic acids is 1. The predicted octanol–water partition coefficient (Wildman–Crippen LogP) is 2.31. The molecule has 0 aromatic heterocycles. The Morgan fingerprint density at radius 2 is 1.45 bits per heavy atom. The molecule has 5 heteroatoms. The number of rotatable bonds is 6. The first kappa shape index (κ1) is 15.5. The summed E-state index contributed by atoms with van der Waals surface area (Å²) < 4.78 is 0. The lowest BCUT2D eigenvalue weighted by Crippen LogP contribution is -2.20. The molecule has 22 heavy (non-hydrogen) atoms. The molecule has 0 aliphatic carbocycles. The van der Waals surface area contributed by atoms with Crippen molar-refractivity contribution in [3.05, 3.63) is 77.5 Å². The smallest absolute Gasteiger partial charge is 0.352 e. The van der Waals surface area contributed by atoms with E-state index in [1.807, 2.05) is 0 Å². The fourth-order valence-corrected chi connectivity index (χ4v) is 1.95. The number of para-hydroxylation sites is 1. The number of carbonyl (C=O) groups is 2. The van der Waals surface area contributed by atoms with Crippen LogP contribution in [0.15, 0.2) is 71.9 Å². The number of aliphatic hydroxyl groups is 1. The van der Waals surface area contributed by atoms with Gasteiger partial charge in [0.2, 0.25) is 0 Å². The molecule has 2 rings (SSSR count). The number of Topliss-reactive ketones (excluding diaryl/α,β-unsaturated/α-hetero) is 1. The molecular formula is C17H15NO4. The summed E-state index contributed by atoms with van der Waals surface area (Å²) in [5.41, 5.74) is 0.317. The summed E-state index contributed by atoms with van der Waals surface area (Å²) >= 11 is 0. The summed E-state index contributed by atoms with van der Waals surface area (Å²) in [6.45, 7) is -0.671. The molecule has 0 unspecified atom stereocenters. The zero-order chi connectivity index (χ0) is 15.9. The highest BCUT2D eigenvalue weighted by Gasteiger charge is 2.21. The SMILES string of the molecule is O=C(O)/C(Nc1ccccc1)=C(\CO)C(=O)c1ccccc1. The zero-order valence-electron chi connectivity index (χ0n) is 11.7. The number of hydrogen-bond acceptors (Lipinski definition) is 4. The van der Waals surface area contributed by atoms with Gasteiger partial charge >= 0.3 is 5.97 Å². The summed E-state index contributed by atoms with van der Waals surface area (Å²) in [5, 5.41) is 21.5. The average molecular weight is 297 g/mol. The van der Waals surface area contributed by atoms with Crippen molar-refractivity contribution in [2.45, 2.75) is 0 Å². The van der Waals surface area contributed by atoms with Crippen molar-refractivity contribution in [1.82, 2.24) is 0 Å². The first-order valence-electron chi connectivity index (χ1n) is 6.62. The van der Waals surface area contributed by atoms with Gasteiger partial charge in [-0.2, -0.15) is 0 Å². The van der Waals surface area contributed by atoms with E-state index < -0.39 is 18.4 Å². The highest BCUT2D eigenvalue weighted by Crippen LogP contribution is 2.16. The van der Waals surface area contributed by atoms with E-state index in [9.17, 15) is 19.8 Å². The van der Waals surface area contributed by atoms with Crippen LogP contribution in [0.25, 0.3) is 0 Å². The Morgan fingerprint density at radius 3 is 1.95 bits per heavy atom. The molecule has 0 spiro atoms. The summed E-state index contributed by atoms with van der Waals surface area (Å²) in [7, 11) is 0. The Hall–Kier alpha value is -2.92. The Labute approximate surface area is 127 Å². The summed E-state index contributed by atoms with van der Waals surface area (Å²) in [6.07, 6.45) is 0. The van der Waals surface area contributed by atoms with Gasteiger partial charge < -0.3 is 15.5 Å². The molecule has 0 atom stereocenters. The molecule has 0 aliphatic heterocycles. The number of carbonyl (C=O) groups excluding carboxylic acids is 1. The van der Waals surface area contributed by atoms with Gasteiger partial charge in [0.25, 0.3) is 0 Å². The second-order valence-electron chi connectivity index (χ2n) is 4.50. The van der Waals surface area contributed by atoms with Gasteiger partial charge in [-0.05, 0) is 12.1 Å². The van der Waals surface area contributed by atoms with Crippen LogP contribution in [0.4, 0.5) is 5.69 Å². The Morgan fingerprint density at radius 1 is 0.909 bits per heavy atom. The van der Waals surface area contributed by atoms with E-state index in [0.29, 0.717) is 11.3 Å². The third-order valence-electron chi connectivity index (χ3n) is 3.03. The van der Waals surface area contributed by atoms with Gasteiger partial charge in [0, 0.05) is 11.3 Å². The van der Waals surface area contributed by atoms with Crippen molar-refractivity contribution in [3.63, 3.8) is 0 Å². The second kappa shape index (κ2) is 7.19. The monoisotopic (exact) mass is 297 g/mol. The fourth-order valence-electron chi connectivity index (χ4n) is 1.95. The molecule has 0 aliphatic rings. The number of aliphatic hydroxyl groups excluding tert-OH is 1. The standard InChI is InChI=1S/C17H15NO4/c19-11-14(16(20)12-7-3-1-4-8-12)15(17(21)22)18-13-9-5-2-6-10-13/h1-10,18-19H,11H2,(H,21,22)/b15-14-. The largest absolute Gasteiger partial charge is 0.477 e. The van der Waals surface area contributed by atoms with Crippen LogP contribution in [0.5, 0.6) is 0 Å². The number of carboxylic acids is 1. The minimum atomic E-state index is -1.31. The number of benzene rings is 2. The van der Waals surface area contributed by atoms with Crippen molar-refractivity contribution in [3.8, 4) is 0 Å². The van der Waals surface area contributed by atoms with E-state index in [1.165, 1.54) is 0 Å². The normalized spacial score (nSPS) is 11.5. The Balaban J connectivity index is 2.42. The number of carboxylic acid groups (broad SMARTS) is 1. The van der Waals surface area contributed by atoms with Crippen LogP contribution < -0.4 is 5.32 Å². The van der Waals surface area contributed by atoms with Crippen molar-refractivity contribution in [2.75, 3.05) is 11.9 Å². The van der Waals surface area contributed by atoms with E-state index in [0.717, 1.165) is 0 Å². The topological polar surface area (TPSA) is 86.6 Å². The molecule has 112 valence electrons. The molecule has 0 heterocycles. The van der Waals surface area contributed by atoms with E-state index in [-0.39, 0.29) is 11.3 Å². The lowest BCUT2D eigenvalue weighted by atomic mass is 10.0. The van der Waals surface area contributed by atoms with Gasteiger partial charge in [-0.25, -0.2) is 4.79 Å². The van der Waals surface area contributed by atoms with E-state index in [2.05, 4.69) is 5.32 Å². The summed E-state index contributed by atoms with van der Waals surface area (Å²) in [4.78, 5) is 23.8. The molecule has 5 nitrogen and oxygen atoms in total. The maximum absolute atomic E-state index is 12.4. The van der Waals surface area contributed by atoms with Gasteiger partial charge in [-0.3, -0.25) is 4.79 Å². The average Bonchev–Trinajstić information content (AvgIpc) is 2.56. The molecule has 0 radical (unpaired) electrons. The van der Waals surface area contributed by atoms with Crippen molar-refractivity contribution < 1.29 is 19.8 Å². The van der Waals surface area contributed by atoms with E-state index in [4.69, 9.17) is 0 Å². The lowest BCUT2D eigenvalue weighted by Gasteiger charge is -2.12. The maximum atomic E-state index is 12.4. The van der Waals surface area contributed by atoms with Gasteiger partial charge in [0.1, 0.15) is 5.70 Å². The highest BCUT2D eigenvalue weighted by molar-refractivity contribution is 6.13. The minimum Gasteiger partial charge on any atom is -0.477 e. The second-order valence-corrected chi connectivity index (χ2v) is 4.50. The van der Waals surface area contributed by atoms with Crippen molar-refractivity contribution >= 4 is 17.4 Å². The number of ketones is 1. The lowest BCUT2D eigenvalue weighted by molar-refractivity contribution is -0.132. The number of anilines is 1. The molecule has 0 fully saturated rings. The van der Waals surface area contributed by atoms with Crippen LogP contribution in [0.2, 0.25) is 0 Å². The van der Waals surface area contributed by atoms with Crippen LogP contribution in [0, 0.1) is 0 Å². The first-order valence-corrected chi connectivity index (χ1v) is 6.62. The predicted molar refractivity (Wildman–Crippen MR) is 82.6 cm³/mol. The van der Waals surface area contributed by atoms with Gasteiger partial charge in [-0.1, -0.05) is 48.5 Å². The molecule has 2 aromatic carbocycles. The zero-order valence-corrected chi connectivity index (χ0v) is 11.7.